The Morgan fingerprint density at radius 3 is 2.94 bits per heavy atom. The van der Waals surface area contributed by atoms with E-state index >= 15 is 0 Å². The number of fused-ring (bicyclic) bond motifs is 1. The van der Waals surface area contributed by atoms with Gasteiger partial charge in [-0.15, -0.1) is 11.3 Å². The van der Waals surface area contributed by atoms with E-state index in [0.717, 1.165) is 6.42 Å². The number of carboxylic acid groups (broad SMARTS) is 1. The Balaban J connectivity index is 1.85. The number of nitrogens with zero attached hydrogens (tertiary/aromatic N) is 1. The minimum atomic E-state index is -1.12. The molecule has 1 saturated carbocycles. The highest BCUT2D eigenvalue weighted by atomic mass is 32.1. The van der Waals surface area contributed by atoms with Gasteiger partial charge in [-0.1, -0.05) is 6.07 Å². The number of thiophene rings is 1. The highest BCUT2D eigenvalue weighted by Gasteiger charge is 2.54. The molecule has 3 rings (SSSR count). The van der Waals surface area contributed by atoms with Crippen LogP contribution in [0.2, 0.25) is 0 Å². The van der Waals surface area contributed by atoms with Crippen molar-refractivity contribution in [3.8, 4) is 0 Å². The summed E-state index contributed by atoms with van der Waals surface area (Å²) in [6.45, 7) is 0.569. The molecule has 1 aromatic rings. The maximum Gasteiger partial charge on any atom is 0.264 e. The fourth-order valence-corrected chi connectivity index (χ4v) is 3.20. The third kappa shape index (κ3) is 1.35. The fraction of sp³-hybridized carbons (Fsp3) is 0.455. The zero-order chi connectivity index (χ0) is 11.3. The lowest BCUT2D eigenvalue weighted by molar-refractivity contribution is -0.310. The molecule has 0 unspecified atom stereocenters. The van der Waals surface area contributed by atoms with Crippen LogP contribution >= 0.6 is 11.3 Å². The number of aliphatic carboxylic acids is 1. The molecular formula is C11H10NO3S-. The first kappa shape index (κ1) is 9.84. The molecule has 1 saturated heterocycles. The molecule has 1 aromatic heterocycles. The van der Waals surface area contributed by atoms with Crippen molar-refractivity contribution < 1.29 is 14.7 Å². The smallest absolute Gasteiger partial charge is 0.264 e. The van der Waals surface area contributed by atoms with Gasteiger partial charge in [0.2, 0.25) is 0 Å². The quantitative estimate of drug-likeness (QED) is 0.724. The molecule has 2 heterocycles. The standard InChI is InChI=1S/C11H11NO3S/c13-10(8-2-1-3-16-8)12-5-6-4-7(6)9(12)11(14)15/h1-3,6-7,9H,4-5H2,(H,14,15)/p-1/t6-,7-,9-/m1/s1. The van der Waals surface area contributed by atoms with Gasteiger partial charge in [-0.3, -0.25) is 4.79 Å². The van der Waals surface area contributed by atoms with Gasteiger partial charge >= 0.3 is 0 Å². The summed E-state index contributed by atoms with van der Waals surface area (Å²) < 4.78 is 0. The molecule has 0 N–H and O–H groups in total. The summed E-state index contributed by atoms with van der Waals surface area (Å²) in [5, 5.41) is 12.8. The van der Waals surface area contributed by atoms with Gasteiger partial charge in [0, 0.05) is 6.54 Å². The number of likely N-dealkylation sites (tertiary alicyclic amines) is 1. The second kappa shape index (κ2) is 3.31. The number of hydrogen-bond donors (Lipinski definition) is 0. The zero-order valence-electron chi connectivity index (χ0n) is 8.46. The normalized spacial score (nSPS) is 31.2. The average Bonchev–Trinajstić information content (AvgIpc) is 2.72. The third-order valence-electron chi connectivity index (χ3n) is 3.38. The number of carbonyl (C=O) groups is 2. The van der Waals surface area contributed by atoms with E-state index in [1.165, 1.54) is 16.2 Å². The first-order chi connectivity index (χ1) is 7.68. The predicted octanol–water partition coefficient (Wildman–Crippen LogP) is -0.0415. The van der Waals surface area contributed by atoms with Crippen LogP contribution in [0.3, 0.4) is 0 Å². The predicted molar refractivity (Wildman–Crippen MR) is 55.7 cm³/mol. The van der Waals surface area contributed by atoms with E-state index in [-0.39, 0.29) is 11.8 Å². The van der Waals surface area contributed by atoms with Crippen molar-refractivity contribution in [3.63, 3.8) is 0 Å². The van der Waals surface area contributed by atoms with Crippen LogP contribution in [0.4, 0.5) is 0 Å². The first-order valence-corrected chi connectivity index (χ1v) is 6.12. The highest BCUT2D eigenvalue weighted by molar-refractivity contribution is 7.12. The van der Waals surface area contributed by atoms with Crippen LogP contribution < -0.4 is 5.11 Å². The Morgan fingerprint density at radius 1 is 1.50 bits per heavy atom. The molecule has 84 valence electrons. The molecule has 0 spiro atoms. The molecule has 0 aromatic carbocycles. The molecule has 0 radical (unpaired) electrons. The minimum absolute atomic E-state index is 0.133. The molecule has 0 bridgehead atoms. The molecule has 2 aliphatic rings. The van der Waals surface area contributed by atoms with E-state index in [0.29, 0.717) is 17.3 Å². The summed E-state index contributed by atoms with van der Waals surface area (Å²) in [5.41, 5.74) is 0. The van der Waals surface area contributed by atoms with Gasteiger partial charge in [-0.2, -0.15) is 0 Å². The van der Waals surface area contributed by atoms with E-state index < -0.39 is 12.0 Å². The fourth-order valence-electron chi connectivity index (χ4n) is 2.52. The summed E-state index contributed by atoms with van der Waals surface area (Å²) in [6.07, 6.45) is 0.923. The van der Waals surface area contributed by atoms with Crippen LogP contribution in [-0.4, -0.2) is 29.4 Å². The van der Waals surface area contributed by atoms with E-state index in [1.54, 1.807) is 12.1 Å². The number of amides is 1. The van der Waals surface area contributed by atoms with Crippen LogP contribution in [0.1, 0.15) is 16.1 Å². The molecule has 3 atom stereocenters. The van der Waals surface area contributed by atoms with Gasteiger partial charge < -0.3 is 14.8 Å². The molecule has 4 nitrogen and oxygen atoms in total. The topological polar surface area (TPSA) is 60.4 Å². The number of carbonyl (C=O) groups excluding carboxylic acids is 2. The Hall–Kier alpha value is -1.36. The lowest BCUT2D eigenvalue weighted by Gasteiger charge is -2.27. The van der Waals surface area contributed by atoms with Crippen molar-refractivity contribution in [3.05, 3.63) is 22.4 Å². The number of rotatable bonds is 2. The number of hydrogen-bond acceptors (Lipinski definition) is 4. The molecule has 16 heavy (non-hydrogen) atoms. The Morgan fingerprint density at radius 2 is 2.31 bits per heavy atom. The van der Waals surface area contributed by atoms with Gasteiger partial charge in [-0.05, 0) is 29.7 Å². The molecule has 5 heteroatoms. The molecule has 1 amide bonds. The molecule has 2 fully saturated rings. The summed E-state index contributed by atoms with van der Waals surface area (Å²) in [6, 6.07) is 2.81. The van der Waals surface area contributed by atoms with Crippen LogP contribution in [0.25, 0.3) is 0 Å². The Bertz CT molecular complexity index is 442. The first-order valence-electron chi connectivity index (χ1n) is 5.24. The van der Waals surface area contributed by atoms with Crippen LogP contribution in [-0.2, 0) is 4.79 Å². The van der Waals surface area contributed by atoms with E-state index in [1.807, 2.05) is 5.38 Å². The second-order valence-electron chi connectivity index (χ2n) is 4.36. The average molecular weight is 236 g/mol. The zero-order valence-corrected chi connectivity index (χ0v) is 9.28. The summed E-state index contributed by atoms with van der Waals surface area (Å²) >= 11 is 1.34. The van der Waals surface area contributed by atoms with Crippen molar-refractivity contribution in [2.24, 2.45) is 11.8 Å². The maximum atomic E-state index is 12.0. The monoisotopic (exact) mass is 236 g/mol. The van der Waals surface area contributed by atoms with Gasteiger partial charge in [0.05, 0.1) is 16.9 Å². The van der Waals surface area contributed by atoms with Crippen molar-refractivity contribution in [2.75, 3.05) is 6.54 Å². The maximum absolute atomic E-state index is 12.0. The highest BCUT2D eigenvalue weighted by Crippen LogP contribution is 2.49. The van der Waals surface area contributed by atoms with Gasteiger partial charge in [0.25, 0.3) is 5.91 Å². The molecular weight excluding hydrogens is 226 g/mol. The number of piperidine rings is 1. The van der Waals surface area contributed by atoms with Crippen molar-refractivity contribution in [1.29, 1.82) is 0 Å². The summed E-state index contributed by atoms with van der Waals surface area (Å²) in [5.74, 6) is -0.771. The Kier molecular flexibility index (Phi) is 2.04. The summed E-state index contributed by atoms with van der Waals surface area (Å²) in [7, 11) is 0. The van der Waals surface area contributed by atoms with Crippen LogP contribution in [0.15, 0.2) is 17.5 Å². The molecule has 1 aliphatic heterocycles. The van der Waals surface area contributed by atoms with E-state index in [9.17, 15) is 14.7 Å². The SMILES string of the molecule is O=C([O-])[C@H]1[C@@H]2C[C@@H]2CN1C(=O)c1cccs1. The Labute approximate surface area is 96.5 Å². The lowest BCUT2D eigenvalue weighted by atomic mass is 10.2. The number of carboxylic acids is 1. The summed E-state index contributed by atoms with van der Waals surface area (Å²) in [4.78, 5) is 25.1. The minimum Gasteiger partial charge on any atom is -0.548 e. The second-order valence-corrected chi connectivity index (χ2v) is 5.31. The van der Waals surface area contributed by atoms with Gasteiger partial charge in [0.15, 0.2) is 0 Å². The van der Waals surface area contributed by atoms with Crippen molar-refractivity contribution >= 4 is 23.2 Å². The lowest BCUT2D eigenvalue weighted by Crippen LogP contribution is -2.49. The van der Waals surface area contributed by atoms with Gasteiger partial charge in [-0.25, -0.2) is 0 Å². The van der Waals surface area contributed by atoms with Crippen molar-refractivity contribution in [2.45, 2.75) is 12.5 Å². The van der Waals surface area contributed by atoms with E-state index in [4.69, 9.17) is 0 Å². The van der Waals surface area contributed by atoms with E-state index in [2.05, 4.69) is 0 Å². The van der Waals surface area contributed by atoms with Crippen LogP contribution in [0, 0.1) is 11.8 Å². The largest absolute Gasteiger partial charge is 0.548 e. The van der Waals surface area contributed by atoms with Crippen LogP contribution in [0.5, 0.6) is 0 Å². The third-order valence-corrected chi connectivity index (χ3v) is 4.24. The molecule has 1 aliphatic carbocycles. The van der Waals surface area contributed by atoms with Gasteiger partial charge in [0.1, 0.15) is 0 Å². The van der Waals surface area contributed by atoms with Crippen molar-refractivity contribution in [1.82, 2.24) is 4.90 Å².